The molecule has 1 saturated carbocycles. The van der Waals surface area contributed by atoms with Gasteiger partial charge in [-0.1, -0.05) is 6.92 Å². The van der Waals surface area contributed by atoms with Crippen molar-refractivity contribution in [2.24, 2.45) is 11.7 Å². The van der Waals surface area contributed by atoms with Crippen LogP contribution in [-0.2, 0) is 4.74 Å². The lowest BCUT2D eigenvalue weighted by atomic mass is 9.79. The minimum atomic E-state index is -0.0817. The van der Waals surface area contributed by atoms with E-state index in [1.807, 2.05) is 0 Å². The summed E-state index contributed by atoms with van der Waals surface area (Å²) in [4.78, 5) is 0. The molecule has 1 fully saturated rings. The van der Waals surface area contributed by atoms with Gasteiger partial charge in [0.15, 0.2) is 0 Å². The fraction of sp³-hybridized carbons (Fsp3) is 1.00. The van der Waals surface area contributed by atoms with Crippen LogP contribution in [0.5, 0.6) is 0 Å². The van der Waals surface area contributed by atoms with Crippen molar-refractivity contribution < 1.29 is 9.84 Å². The maximum absolute atomic E-state index is 8.68. The summed E-state index contributed by atoms with van der Waals surface area (Å²) in [6.07, 6.45) is 5.32. The third-order valence-corrected chi connectivity index (χ3v) is 3.27. The van der Waals surface area contributed by atoms with Crippen LogP contribution in [-0.4, -0.2) is 30.5 Å². The van der Waals surface area contributed by atoms with Crippen LogP contribution in [0.25, 0.3) is 0 Å². The molecule has 0 amide bonds. The molecule has 0 atom stereocenters. The molecular weight excluding hydrogens is 178 g/mol. The largest absolute Gasteiger partial charge is 0.396 e. The molecule has 0 spiro atoms. The van der Waals surface area contributed by atoms with Gasteiger partial charge in [-0.05, 0) is 38.0 Å². The molecule has 1 aliphatic rings. The summed E-state index contributed by atoms with van der Waals surface area (Å²) in [7, 11) is 0. The summed E-state index contributed by atoms with van der Waals surface area (Å²) in [6.45, 7) is 3.75. The first kappa shape index (κ1) is 12.0. The lowest BCUT2D eigenvalue weighted by Crippen LogP contribution is -2.44. The Morgan fingerprint density at radius 2 is 2.07 bits per heavy atom. The smallest absolute Gasteiger partial charge is 0.0804 e. The van der Waals surface area contributed by atoms with Crippen LogP contribution in [0.3, 0.4) is 0 Å². The quantitative estimate of drug-likeness (QED) is 0.659. The number of hydrogen-bond donors (Lipinski definition) is 2. The standard InChI is InChI=1S/C11H23NO2/c1-10-3-5-11(9-12,6-4-10)14-8-2-7-13/h10,13H,2-9,12H2,1H3. The lowest BCUT2D eigenvalue weighted by molar-refractivity contribution is -0.0732. The van der Waals surface area contributed by atoms with E-state index < -0.39 is 0 Å². The minimum absolute atomic E-state index is 0.0817. The maximum atomic E-state index is 8.68. The van der Waals surface area contributed by atoms with Gasteiger partial charge in [-0.3, -0.25) is 0 Å². The molecule has 3 N–H and O–H groups in total. The fourth-order valence-corrected chi connectivity index (χ4v) is 2.05. The summed E-state index contributed by atoms with van der Waals surface area (Å²) >= 11 is 0. The van der Waals surface area contributed by atoms with E-state index >= 15 is 0 Å². The number of aliphatic hydroxyl groups is 1. The molecule has 0 heterocycles. The van der Waals surface area contributed by atoms with E-state index in [1.165, 1.54) is 12.8 Å². The van der Waals surface area contributed by atoms with Crippen molar-refractivity contribution in [1.29, 1.82) is 0 Å². The van der Waals surface area contributed by atoms with Gasteiger partial charge in [0, 0.05) is 19.8 Å². The van der Waals surface area contributed by atoms with Gasteiger partial charge in [-0.25, -0.2) is 0 Å². The van der Waals surface area contributed by atoms with Gasteiger partial charge < -0.3 is 15.6 Å². The number of aliphatic hydroxyl groups excluding tert-OH is 1. The van der Waals surface area contributed by atoms with Crippen molar-refractivity contribution in [3.8, 4) is 0 Å². The van der Waals surface area contributed by atoms with Crippen molar-refractivity contribution >= 4 is 0 Å². The predicted octanol–water partition coefficient (Wildman–Crippen LogP) is 1.29. The molecule has 3 heteroatoms. The molecular formula is C11H23NO2. The maximum Gasteiger partial charge on any atom is 0.0804 e. The molecule has 84 valence electrons. The third-order valence-electron chi connectivity index (χ3n) is 3.27. The Balaban J connectivity index is 2.34. The molecule has 0 unspecified atom stereocenters. The molecule has 0 aromatic carbocycles. The highest BCUT2D eigenvalue weighted by molar-refractivity contribution is 4.87. The summed E-state index contributed by atoms with van der Waals surface area (Å²) in [5.74, 6) is 0.816. The van der Waals surface area contributed by atoms with Crippen LogP contribution in [0.4, 0.5) is 0 Å². The van der Waals surface area contributed by atoms with Crippen LogP contribution < -0.4 is 5.73 Å². The molecule has 0 aromatic rings. The van der Waals surface area contributed by atoms with E-state index in [1.54, 1.807) is 0 Å². The predicted molar refractivity (Wildman–Crippen MR) is 57.1 cm³/mol. The van der Waals surface area contributed by atoms with Gasteiger partial charge in [0.2, 0.25) is 0 Å². The van der Waals surface area contributed by atoms with Crippen molar-refractivity contribution in [3.63, 3.8) is 0 Å². The SMILES string of the molecule is CC1CCC(CN)(OCCCO)CC1. The highest BCUT2D eigenvalue weighted by Gasteiger charge is 2.33. The Hall–Kier alpha value is -0.120. The topological polar surface area (TPSA) is 55.5 Å². The highest BCUT2D eigenvalue weighted by Crippen LogP contribution is 2.33. The van der Waals surface area contributed by atoms with Gasteiger partial charge in [0.25, 0.3) is 0 Å². The average molecular weight is 201 g/mol. The summed E-state index contributed by atoms with van der Waals surface area (Å²) in [5, 5.41) is 8.68. The molecule has 0 saturated heterocycles. The van der Waals surface area contributed by atoms with E-state index in [-0.39, 0.29) is 12.2 Å². The zero-order valence-corrected chi connectivity index (χ0v) is 9.17. The van der Waals surface area contributed by atoms with Gasteiger partial charge in [0.05, 0.1) is 5.60 Å². The van der Waals surface area contributed by atoms with Crippen LogP contribution in [0.1, 0.15) is 39.0 Å². The molecule has 0 aromatic heterocycles. The summed E-state index contributed by atoms with van der Waals surface area (Å²) in [5.41, 5.74) is 5.70. The highest BCUT2D eigenvalue weighted by atomic mass is 16.5. The molecule has 3 nitrogen and oxygen atoms in total. The third kappa shape index (κ3) is 3.23. The van der Waals surface area contributed by atoms with Crippen LogP contribution >= 0.6 is 0 Å². The van der Waals surface area contributed by atoms with Crippen LogP contribution in [0.2, 0.25) is 0 Å². The number of rotatable bonds is 5. The monoisotopic (exact) mass is 201 g/mol. The van der Waals surface area contributed by atoms with Crippen LogP contribution in [0.15, 0.2) is 0 Å². The molecule has 0 radical (unpaired) electrons. The molecule has 1 aliphatic carbocycles. The van der Waals surface area contributed by atoms with Crippen molar-refractivity contribution in [2.45, 2.75) is 44.6 Å². The first-order valence-corrected chi connectivity index (χ1v) is 5.67. The van der Waals surface area contributed by atoms with Crippen molar-refractivity contribution in [3.05, 3.63) is 0 Å². The van der Waals surface area contributed by atoms with E-state index in [2.05, 4.69) is 6.92 Å². The second-order valence-electron chi connectivity index (χ2n) is 4.50. The fourth-order valence-electron chi connectivity index (χ4n) is 2.05. The average Bonchev–Trinajstić information content (AvgIpc) is 2.22. The molecule has 1 rings (SSSR count). The van der Waals surface area contributed by atoms with Gasteiger partial charge in [-0.2, -0.15) is 0 Å². The van der Waals surface area contributed by atoms with Gasteiger partial charge in [-0.15, -0.1) is 0 Å². The van der Waals surface area contributed by atoms with Gasteiger partial charge >= 0.3 is 0 Å². The summed E-state index contributed by atoms with van der Waals surface area (Å²) < 4.78 is 5.82. The van der Waals surface area contributed by atoms with Crippen molar-refractivity contribution in [2.75, 3.05) is 19.8 Å². The zero-order chi connectivity index (χ0) is 10.4. The molecule has 0 aliphatic heterocycles. The number of hydrogen-bond acceptors (Lipinski definition) is 3. The van der Waals surface area contributed by atoms with Gasteiger partial charge in [0.1, 0.15) is 0 Å². The Kier molecular flexibility index (Phi) is 4.85. The zero-order valence-electron chi connectivity index (χ0n) is 9.17. The minimum Gasteiger partial charge on any atom is -0.396 e. The summed E-state index contributed by atoms with van der Waals surface area (Å²) in [6, 6.07) is 0. The van der Waals surface area contributed by atoms with E-state index in [0.717, 1.165) is 25.2 Å². The first-order valence-electron chi connectivity index (χ1n) is 5.67. The van der Waals surface area contributed by atoms with Crippen molar-refractivity contribution in [1.82, 2.24) is 0 Å². The van der Waals surface area contributed by atoms with E-state index in [9.17, 15) is 0 Å². The Bertz CT molecular complexity index is 153. The van der Waals surface area contributed by atoms with E-state index in [4.69, 9.17) is 15.6 Å². The normalized spacial score (nSPS) is 33.2. The second-order valence-corrected chi connectivity index (χ2v) is 4.50. The van der Waals surface area contributed by atoms with E-state index in [0.29, 0.717) is 13.2 Å². The Morgan fingerprint density at radius 1 is 1.43 bits per heavy atom. The lowest BCUT2D eigenvalue weighted by Gasteiger charge is -2.38. The first-order chi connectivity index (χ1) is 6.72. The Morgan fingerprint density at radius 3 is 2.57 bits per heavy atom. The molecule has 14 heavy (non-hydrogen) atoms. The van der Waals surface area contributed by atoms with Crippen LogP contribution in [0, 0.1) is 5.92 Å². The number of nitrogens with two attached hydrogens (primary N) is 1. The number of ether oxygens (including phenoxy) is 1. The Labute approximate surface area is 86.6 Å². The second kappa shape index (κ2) is 5.69. The molecule has 0 bridgehead atoms.